The number of nitrogens with zero attached hydrogens (tertiary/aromatic N) is 3. The molecule has 40 heavy (non-hydrogen) atoms. The lowest BCUT2D eigenvalue weighted by atomic mass is 9.98. The largest absolute Gasteiger partial charge is 0.511 e. The molecule has 0 saturated heterocycles. The second-order valence-electron chi connectivity index (χ2n) is 9.06. The molecule has 1 heterocycles. The van der Waals surface area contributed by atoms with E-state index in [1.807, 2.05) is 48.5 Å². The molecule has 0 radical (unpaired) electrons. The molecule has 0 atom stereocenters. The van der Waals surface area contributed by atoms with Crippen molar-refractivity contribution in [2.24, 2.45) is 10.9 Å². The van der Waals surface area contributed by atoms with Crippen LogP contribution in [0, 0.1) is 0 Å². The van der Waals surface area contributed by atoms with Crippen LogP contribution >= 0.6 is 11.6 Å². The molecule has 0 spiro atoms. The molecule has 0 unspecified atom stereocenters. The number of benzene rings is 2. The smallest absolute Gasteiger partial charge is 0.431 e. The number of rotatable bonds is 12. The number of imidazole rings is 1. The lowest BCUT2D eigenvalue weighted by Crippen LogP contribution is -2.36. The number of unbranched alkanes of at least 4 members (excludes halogenated alkanes) is 1. The van der Waals surface area contributed by atoms with Gasteiger partial charge in [0.1, 0.15) is 5.82 Å². The van der Waals surface area contributed by atoms with Gasteiger partial charge in [-0.25, -0.2) is 20.0 Å². The fourth-order valence-corrected chi connectivity index (χ4v) is 4.26. The van der Waals surface area contributed by atoms with Crippen molar-refractivity contribution in [1.29, 1.82) is 0 Å². The first-order valence-electron chi connectivity index (χ1n) is 12.9. The number of nitrogens with one attached hydrogen (secondary N) is 2. The van der Waals surface area contributed by atoms with Crippen molar-refractivity contribution in [3.8, 4) is 11.1 Å². The van der Waals surface area contributed by atoms with Crippen molar-refractivity contribution in [2.45, 2.75) is 52.7 Å². The Labute approximate surface area is 238 Å². The zero-order valence-corrected chi connectivity index (χ0v) is 23.8. The Morgan fingerprint density at radius 3 is 2.50 bits per heavy atom. The molecule has 0 bridgehead atoms. The molecular weight excluding hydrogens is 536 g/mol. The van der Waals surface area contributed by atoms with Crippen LogP contribution in [0.1, 0.15) is 61.1 Å². The number of esters is 1. The summed E-state index contributed by atoms with van der Waals surface area (Å²) in [5, 5.41) is 3.88. The third kappa shape index (κ3) is 7.96. The van der Waals surface area contributed by atoms with Gasteiger partial charge in [-0.1, -0.05) is 73.5 Å². The number of ether oxygens (including phenoxy) is 3. The minimum absolute atomic E-state index is 0.0250. The average molecular weight is 571 g/mol. The maximum absolute atomic E-state index is 13.0. The Morgan fingerprint density at radius 2 is 1.85 bits per heavy atom. The number of nitrogens with two attached hydrogens (primary N) is 1. The topological polar surface area (TPSA) is 142 Å². The minimum atomic E-state index is -0.931. The number of aryl methyl sites for hydroxylation is 1. The molecule has 3 rings (SSSR count). The van der Waals surface area contributed by atoms with E-state index < -0.39 is 18.9 Å². The van der Waals surface area contributed by atoms with E-state index in [1.165, 1.54) is 0 Å². The van der Waals surface area contributed by atoms with Gasteiger partial charge in [0.2, 0.25) is 6.79 Å². The highest BCUT2D eigenvalue weighted by Gasteiger charge is 2.24. The average Bonchev–Trinajstić information content (AvgIpc) is 3.24. The lowest BCUT2D eigenvalue weighted by molar-refractivity contribution is -0.0349. The number of hydrogen-bond donors (Lipinski definition) is 3. The number of hydrogen-bond acceptors (Lipinski definition) is 9. The summed E-state index contributed by atoms with van der Waals surface area (Å²) in [5.74, 6) is 6.01. The fraction of sp³-hybridized carbons (Fsp3) is 0.357. The minimum Gasteiger partial charge on any atom is -0.431 e. The molecule has 11 nitrogen and oxygen atoms in total. The standard InChI is InChI=1S/C28H35ClN6O5/c1-5-6-11-23-32-25(29)24(27(36)38-17-39-28(37)40-18(2)3)35(23)16-19-12-14-20(15-13-19)21-9-7-8-10-22(21)26(33-30)34-31-4/h7-10,12-15,18,31H,5-6,11,16-17,30H2,1-4H3,(H,33,34). The molecule has 4 N–H and O–H groups in total. The van der Waals surface area contributed by atoms with E-state index in [-0.39, 0.29) is 17.0 Å². The first kappa shape index (κ1) is 30.5. The summed E-state index contributed by atoms with van der Waals surface area (Å²) in [5.41, 5.74) is 9.53. The van der Waals surface area contributed by atoms with Gasteiger partial charge < -0.3 is 30.0 Å². The van der Waals surface area contributed by atoms with E-state index in [9.17, 15) is 9.59 Å². The summed E-state index contributed by atoms with van der Waals surface area (Å²) in [4.78, 5) is 29.0. The van der Waals surface area contributed by atoms with Crippen LogP contribution in [0.5, 0.6) is 0 Å². The van der Waals surface area contributed by atoms with Crippen LogP contribution < -0.4 is 16.7 Å². The van der Waals surface area contributed by atoms with Gasteiger partial charge in [-0.15, -0.1) is 0 Å². The van der Waals surface area contributed by atoms with Crippen molar-refractivity contribution in [3.05, 3.63) is 76.3 Å². The molecule has 214 valence electrons. The molecule has 12 heteroatoms. The summed E-state index contributed by atoms with van der Waals surface area (Å²) in [6.45, 7) is 5.16. The number of hydrazine groups is 1. The summed E-state index contributed by atoms with van der Waals surface area (Å²) in [6.07, 6.45) is 1.15. The monoisotopic (exact) mass is 570 g/mol. The zero-order chi connectivity index (χ0) is 29.1. The predicted octanol–water partition coefficient (Wildman–Crippen LogP) is 4.61. The molecule has 0 aliphatic rings. The summed E-state index contributed by atoms with van der Waals surface area (Å²) < 4.78 is 16.6. The Morgan fingerprint density at radius 1 is 1.12 bits per heavy atom. The van der Waals surface area contributed by atoms with E-state index in [2.05, 4.69) is 27.9 Å². The molecule has 0 fully saturated rings. The van der Waals surface area contributed by atoms with E-state index in [0.717, 1.165) is 35.1 Å². The molecular formula is C28H35ClN6O5. The van der Waals surface area contributed by atoms with Gasteiger partial charge in [0.05, 0.1) is 6.10 Å². The number of carbonyl (C=O) groups is 2. The van der Waals surface area contributed by atoms with Crippen LogP contribution in [0.15, 0.2) is 53.6 Å². The van der Waals surface area contributed by atoms with E-state index in [4.69, 9.17) is 31.7 Å². The normalized spacial score (nSPS) is 11.4. The fourth-order valence-electron chi connectivity index (χ4n) is 3.98. The van der Waals surface area contributed by atoms with Crippen molar-refractivity contribution < 1.29 is 23.8 Å². The first-order chi connectivity index (χ1) is 19.3. The molecule has 2 aromatic carbocycles. The third-order valence-electron chi connectivity index (χ3n) is 5.81. The predicted molar refractivity (Wildman–Crippen MR) is 153 cm³/mol. The Hall–Kier alpha value is -4.09. The summed E-state index contributed by atoms with van der Waals surface area (Å²) in [6, 6.07) is 15.7. The number of halogens is 1. The van der Waals surface area contributed by atoms with Gasteiger partial charge in [0, 0.05) is 25.6 Å². The van der Waals surface area contributed by atoms with Crippen molar-refractivity contribution >= 4 is 29.6 Å². The quantitative estimate of drug-likeness (QED) is 0.0710. The van der Waals surface area contributed by atoms with Gasteiger partial charge in [-0.3, -0.25) is 0 Å². The first-order valence-corrected chi connectivity index (χ1v) is 13.3. The Kier molecular flexibility index (Phi) is 11.3. The van der Waals surface area contributed by atoms with Crippen LogP contribution in [0.3, 0.4) is 0 Å². The second kappa shape index (κ2) is 14.9. The summed E-state index contributed by atoms with van der Waals surface area (Å²) in [7, 11) is 1.73. The molecule has 0 amide bonds. The second-order valence-corrected chi connectivity index (χ2v) is 9.42. The number of aromatic nitrogens is 2. The van der Waals surface area contributed by atoms with E-state index in [0.29, 0.717) is 24.6 Å². The Balaban J connectivity index is 1.85. The SMILES string of the molecule is CCCCc1nc(Cl)c(C(=O)OCOC(=O)OC(C)C)n1Cc1ccc(-c2ccccc2/C(=N/N)NNC)cc1. The summed E-state index contributed by atoms with van der Waals surface area (Å²) >= 11 is 6.39. The van der Waals surface area contributed by atoms with E-state index >= 15 is 0 Å². The van der Waals surface area contributed by atoms with Gasteiger partial charge in [0.25, 0.3) is 0 Å². The van der Waals surface area contributed by atoms with Gasteiger partial charge in [0.15, 0.2) is 16.7 Å². The molecule has 3 aromatic rings. The zero-order valence-electron chi connectivity index (χ0n) is 23.1. The highest BCUT2D eigenvalue weighted by atomic mass is 35.5. The Bertz CT molecular complexity index is 1320. The molecule has 0 aliphatic heterocycles. The third-order valence-corrected chi connectivity index (χ3v) is 6.07. The number of hydrazone groups is 1. The maximum Gasteiger partial charge on any atom is 0.511 e. The maximum atomic E-state index is 13.0. The van der Waals surface area contributed by atoms with Crippen molar-refractivity contribution in [2.75, 3.05) is 13.8 Å². The highest BCUT2D eigenvalue weighted by Crippen LogP contribution is 2.26. The van der Waals surface area contributed by atoms with Gasteiger partial charge >= 0.3 is 12.1 Å². The van der Waals surface area contributed by atoms with Crippen LogP contribution in [0.4, 0.5) is 4.79 Å². The lowest BCUT2D eigenvalue weighted by Gasteiger charge is -2.14. The van der Waals surface area contributed by atoms with Gasteiger partial charge in [-0.2, -0.15) is 5.10 Å². The number of amidine groups is 1. The van der Waals surface area contributed by atoms with Crippen molar-refractivity contribution in [1.82, 2.24) is 20.4 Å². The molecule has 0 saturated carbocycles. The number of carbonyl (C=O) groups excluding carboxylic acids is 2. The highest BCUT2D eigenvalue weighted by molar-refractivity contribution is 6.32. The van der Waals surface area contributed by atoms with Crippen molar-refractivity contribution in [3.63, 3.8) is 0 Å². The van der Waals surface area contributed by atoms with Gasteiger partial charge in [-0.05, 0) is 37.0 Å². The molecule has 1 aromatic heterocycles. The van der Waals surface area contributed by atoms with Crippen LogP contribution in [-0.4, -0.2) is 47.5 Å². The van der Waals surface area contributed by atoms with Crippen LogP contribution in [0.25, 0.3) is 11.1 Å². The van der Waals surface area contributed by atoms with E-state index in [1.54, 1.807) is 25.5 Å². The van der Waals surface area contributed by atoms with Crippen LogP contribution in [0.2, 0.25) is 5.15 Å². The van der Waals surface area contributed by atoms with Crippen LogP contribution in [-0.2, 0) is 27.2 Å². The molecule has 0 aliphatic carbocycles.